The maximum atomic E-state index is 12.4. The highest BCUT2D eigenvalue weighted by Gasteiger charge is 2.21. The molecule has 0 aliphatic rings. The van der Waals surface area contributed by atoms with Crippen molar-refractivity contribution in [2.24, 2.45) is 5.92 Å². The van der Waals surface area contributed by atoms with Crippen LogP contribution < -0.4 is 0 Å². The summed E-state index contributed by atoms with van der Waals surface area (Å²) in [6.45, 7) is 2.69. The van der Waals surface area contributed by atoms with Gasteiger partial charge in [0.2, 0.25) is 0 Å². The monoisotopic (exact) mass is 264 g/mol. The molecule has 5 heteroatoms. The quantitative estimate of drug-likeness (QED) is 0.431. The summed E-state index contributed by atoms with van der Waals surface area (Å²) in [7, 11) is 3.84. The summed E-state index contributed by atoms with van der Waals surface area (Å²) in [5.41, 5.74) is 0.389. The van der Waals surface area contributed by atoms with E-state index in [1.165, 1.54) is 12.1 Å². The minimum Gasteiger partial charge on any atom is -0.309 e. The van der Waals surface area contributed by atoms with Gasteiger partial charge in [-0.05, 0) is 20.5 Å². The van der Waals surface area contributed by atoms with Crippen molar-refractivity contribution in [3.63, 3.8) is 0 Å². The van der Waals surface area contributed by atoms with E-state index in [9.17, 15) is 14.9 Å². The molecule has 0 aromatic heterocycles. The number of benzene rings is 1. The van der Waals surface area contributed by atoms with Crippen LogP contribution in [0.1, 0.15) is 30.1 Å². The van der Waals surface area contributed by atoms with Gasteiger partial charge in [0.05, 0.1) is 4.92 Å². The highest BCUT2D eigenvalue weighted by atomic mass is 16.6. The normalized spacial score (nSPS) is 12.4. The summed E-state index contributed by atoms with van der Waals surface area (Å²) >= 11 is 0. The second-order valence-electron chi connectivity index (χ2n) is 4.92. The summed E-state index contributed by atoms with van der Waals surface area (Å²) in [4.78, 5) is 24.6. The van der Waals surface area contributed by atoms with E-state index in [0.717, 1.165) is 12.8 Å². The topological polar surface area (TPSA) is 63.5 Å². The van der Waals surface area contributed by atoms with Crippen LogP contribution in [0.4, 0.5) is 5.69 Å². The molecule has 0 radical (unpaired) electrons. The Morgan fingerprint density at radius 2 is 2.11 bits per heavy atom. The molecule has 19 heavy (non-hydrogen) atoms. The molecule has 0 fully saturated rings. The van der Waals surface area contributed by atoms with E-state index in [4.69, 9.17) is 0 Å². The van der Waals surface area contributed by atoms with E-state index in [1.807, 2.05) is 25.9 Å². The van der Waals surface area contributed by atoms with Gasteiger partial charge >= 0.3 is 0 Å². The molecule has 104 valence electrons. The predicted octanol–water partition coefficient (Wildman–Crippen LogP) is 2.76. The molecule has 1 unspecified atom stereocenters. The first kappa shape index (κ1) is 15.3. The van der Waals surface area contributed by atoms with Gasteiger partial charge in [0.15, 0.2) is 5.78 Å². The zero-order chi connectivity index (χ0) is 14.4. The van der Waals surface area contributed by atoms with Gasteiger partial charge in [-0.2, -0.15) is 0 Å². The number of hydrogen-bond acceptors (Lipinski definition) is 4. The Morgan fingerprint density at radius 3 is 2.63 bits per heavy atom. The smallest absolute Gasteiger partial charge is 0.270 e. The molecule has 0 saturated carbocycles. The number of non-ortho nitro benzene ring substituents is 1. The number of Topliss-reactive ketones (excluding diaryl/α,β-unsaturated/α-hetero) is 1. The zero-order valence-electron chi connectivity index (χ0n) is 11.6. The van der Waals surface area contributed by atoms with Crippen molar-refractivity contribution in [2.45, 2.75) is 19.8 Å². The number of carbonyl (C=O) groups is 1. The summed E-state index contributed by atoms with van der Waals surface area (Å²) < 4.78 is 0. The Kier molecular flexibility index (Phi) is 5.63. The molecule has 0 heterocycles. The third-order valence-electron chi connectivity index (χ3n) is 2.93. The first-order valence-electron chi connectivity index (χ1n) is 6.39. The highest BCUT2D eigenvalue weighted by Crippen LogP contribution is 2.19. The van der Waals surface area contributed by atoms with Crippen LogP contribution in [0.3, 0.4) is 0 Å². The van der Waals surface area contributed by atoms with Gasteiger partial charge in [0.1, 0.15) is 0 Å². The maximum Gasteiger partial charge on any atom is 0.270 e. The van der Waals surface area contributed by atoms with E-state index in [1.54, 1.807) is 12.1 Å². The number of nitro groups is 1. The van der Waals surface area contributed by atoms with Crippen LogP contribution in [0.25, 0.3) is 0 Å². The first-order chi connectivity index (χ1) is 8.95. The molecule has 0 aliphatic carbocycles. The van der Waals surface area contributed by atoms with Gasteiger partial charge in [-0.25, -0.2) is 0 Å². The average molecular weight is 264 g/mol. The molecule has 0 N–H and O–H groups in total. The van der Waals surface area contributed by atoms with Gasteiger partial charge < -0.3 is 4.90 Å². The number of hydrogen-bond donors (Lipinski definition) is 0. The fourth-order valence-electron chi connectivity index (χ4n) is 2.10. The molecule has 0 bridgehead atoms. The minimum absolute atomic E-state index is 0.0146. The second-order valence-corrected chi connectivity index (χ2v) is 4.92. The molecule has 0 spiro atoms. The lowest BCUT2D eigenvalue weighted by atomic mass is 9.93. The van der Waals surface area contributed by atoms with E-state index < -0.39 is 4.92 Å². The molecule has 1 aromatic carbocycles. The molecule has 0 saturated heterocycles. The van der Waals surface area contributed by atoms with Crippen molar-refractivity contribution in [2.75, 3.05) is 20.6 Å². The van der Waals surface area contributed by atoms with E-state index >= 15 is 0 Å². The van der Waals surface area contributed by atoms with Crippen molar-refractivity contribution < 1.29 is 9.72 Å². The largest absolute Gasteiger partial charge is 0.309 e. The molecule has 1 rings (SSSR count). The van der Waals surface area contributed by atoms with Crippen molar-refractivity contribution in [1.29, 1.82) is 0 Å². The molecule has 0 aliphatic heterocycles. The molecular formula is C14H20N2O3. The summed E-state index contributed by atoms with van der Waals surface area (Å²) in [6, 6.07) is 5.97. The SMILES string of the molecule is CCCC(CN(C)C)C(=O)c1cccc([N+](=O)[O-])c1. The van der Waals surface area contributed by atoms with Gasteiger partial charge in [0.25, 0.3) is 5.69 Å². The summed E-state index contributed by atoms with van der Waals surface area (Å²) in [5.74, 6) is -0.124. The van der Waals surface area contributed by atoms with Crippen LogP contribution in [0, 0.1) is 16.0 Å². The molecule has 5 nitrogen and oxygen atoms in total. The van der Waals surface area contributed by atoms with Crippen LogP contribution in [-0.2, 0) is 0 Å². The number of ketones is 1. The van der Waals surface area contributed by atoms with Gasteiger partial charge in [-0.3, -0.25) is 14.9 Å². The van der Waals surface area contributed by atoms with Crippen molar-refractivity contribution >= 4 is 11.5 Å². The van der Waals surface area contributed by atoms with Crippen molar-refractivity contribution in [3.8, 4) is 0 Å². The second kappa shape index (κ2) is 6.99. The number of rotatable bonds is 7. The van der Waals surface area contributed by atoms with Crippen LogP contribution in [0.5, 0.6) is 0 Å². The minimum atomic E-state index is -0.475. The Morgan fingerprint density at radius 1 is 1.42 bits per heavy atom. The third kappa shape index (κ3) is 4.44. The van der Waals surface area contributed by atoms with Crippen LogP contribution >= 0.6 is 0 Å². The molecule has 1 aromatic rings. The zero-order valence-corrected chi connectivity index (χ0v) is 11.6. The van der Waals surface area contributed by atoms with Gasteiger partial charge in [0, 0.05) is 30.2 Å². The lowest BCUT2D eigenvalue weighted by Gasteiger charge is -2.19. The standard InChI is InChI=1S/C14H20N2O3/c1-4-6-12(10-15(2)3)14(17)11-7-5-8-13(9-11)16(18)19/h5,7-9,12H,4,6,10H2,1-3H3. The lowest BCUT2D eigenvalue weighted by Crippen LogP contribution is -2.28. The van der Waals surface area contributed by atoms with Crippen molar-refractivity contribution in [3.05, 3.63) is 39.9 Å². The lowest BCUT2D eigenvalue weighted by molar-refractivity contribution is -0.384. The first-order valence-corrected chi connectivity index (χ1v) is 6.39. The van der Waals surface area contributed by atoms with Gasteiger partial charge in [-0.1, -0.05) is 25.5 Å². The average Bonchev–Trinajstić information content (AvgIpc) is 2.37. The third-order valence-corrected chi connectivity index (χ3v) is 2.93. The maximum absolute atomic E-state index is 12.4. The summed E-state index contributed by atoms with van der Waals surface area (Å²) in [5, 5.41) is 10.7. The fourth-order valence-corrected chi connectivity index (χ4v) is 2.10. The predicted molar refractivity (Wildman–Crippen MR) is 74.4 cm³/mol. The molecule has 1 atom stereocenters. The highest BCUT2D eigenvalue weighted by molar-refractivity contribution is 5.98. The van der Waals surface area contributed by atoms with Crippen LogP contribution in [-0.4, -0.2) is 36.2 Å². The fraction of sp³-hybridized carbons (Fsp3) is 0.500. The van der Waals surface area contributed by atoms with Crippen molar-refractivity contribution in [1.82, 2.24) is 4.90 Å². The van der Waals surface area contributed by atoms with Crippen LogP contribution in [0.15, 0.2) is 24.3 Å². The van der Waals surface area contributed by atoms with Crippen LogP contribution in [0.2, 0.25) is 0 Å². The van der Waals surface area contributed by atoms with E-state index in [0.29, 0.717) is 12.1 Å². The van der Waals surface area contributed by atoms with Gasteiger partial charge in [-0.15, -0.1) is 0 Å². The number of nitrogens with zero attached hydrogens (tertiary/aromatic N) is 2. The summed E-state index contributed by atoms with van der Waals surface area (Å²) in [6.07, 6.45) is 1.71. The Bertz CT molecular complexity index is 458. The van der Waals surface area contributed by atoms with E-state index in [2.05, 4.69) is 0 Å². The Labute approximate surface area is 113 Å². The number of carbonyl (C=O) groups excluding carboxylic acids is 1. The molecule has 0 amide bonds. The molecular weight excluding hydrogens is 244 g/mol. The van der Waals surface area contributed by atoms with E-state index in [-0.39, 0.29) is 17.4 Å². The Balaban J connectivity index is 2.95. The number of nitro benzene ring substituents is 1. The Hall–Kier alpha value is -1.75.